The number of allylic oxidation sites excluding steroid dienone is 1. The maximum atomic E-state index is 13.3. The number of benzene rings is 2. The number of carbonyl (C=O) groups is 1. The molecule has 1 aliphatic rings. The second kappa shape index (κ2) is 9.21. The fraction of sp³-hybridized carbons (Fsp3) is 0.292. The Hall–Kier alpha value is -3.68. The zero-order valence-electron chi connectivity index (χ0n) is 18.3. The molecule has 0 spiro atoms. The lowest BCUT2D eigenvalue weighted by atomic mass is 9.94. The van der Waals surface area contributed by atoms with Crippen LogP contribution in [0.1, 0.15) is 44.7 Å². The van der Waals surface area contributed by atoms with E-state index in [1.807, 2.05) is 45.0 Å². The number of aromatic nitrogens is 2. The first kappa shape index (κ1) is 21.5. The van der Waals surface area contributed by atoms with Gasteiger partial charge >= 0.3 is 6.03 Å². The molecule has 2 aromatic carbocycles. The predicted molar refractivity (Wildman–Crippen MR) is 118 cm³/mol. The molecule has 2 heterocycles. The zero-order valence-corrected chi connectivity index (χ0v) is 18.3. The number of hydrogen-bond acceptors (Lipinski definition) is 5. The number of urea groups is 1. The lowest BCUT2D eigenvalue weighted by molar-refractivity contribution is 0.205. The molecule has 1 unspecified atom stereocenters. The number of ether oxygens (including phenoxy) is 1. The van der Waals surface area contributed by atoms with Crippen LogP contribution >= 0.6 is 0 Å². The van der Waals surface area contributed by atoms with E-state index >= 15 is 0 Å². The molecule has 0 bridgehead atoms. The Labute approximate surface area is 185 Å². The molecule has 1 atom stereocenters. The van der Waals surface area contributed by atoms with Gasteiger partial charge < -0.3 is 14.6 Å². The molecule has 7 nitrogen and oxygen atoms in total. The van der Waals surface area contributed by atoms with Gasteiger partial charge in [-0.2, -0.15) is 4.98 Å². The lowest BCUT2D eigenvalue weighted by Crippen LogP contribution is -2.46. The summed E-state index contributed by atoms with van der Waals surface area (Å²) in [5.74, 6) is 1.08. The van der Waals surface area contributed by atoms with Gasteiger partial charge in [0.1, 0.15) is 11.6 Å². The first-order valence-electron chi connectivity index (χ1n) is 10.6. The number of nitrogens with one attached hydrogen (secondary N) is 1. The third-order valence-electron chi connectivity index (χ3n) is 5.33. The summed E-state index contributed by atoms with van der Waals surface area (Å²) in [6.45, 7) is 6.96. The van der Waals surface area contributed by atoms with Crippen LogP contribution in [-0.2, 0) is 0 Å². The van der Waals surface area contributed by atoms with Crippen LogP contribution in [0.15, 0.2) is 58.8 Å². The Morgan fingerprint density at radius 1 is 1.12 bits per heavy atom. The molecular weight excluding hydrogens is 411 g/mol. The molecule has 0 saturated carbocycles. The van der Waals surface area contributed by atoms with E-state index in [0.29, 0.717) is 30.4 Å². The van der Waals surface area contributed by atoms with Crippen LogP contribution in [0.4, 0.5) is 9.18 Å². The summed E-state index contributed by atoms with van der Waals surface area (Å²) in [6, 6.07) is 12.8. The minimum Gasteiger partial charge on any atom is -0.494 e. The highest BCUT2D eigenvalue weighted by Crippen LogP contribution is 2.37. The lowest BCUT2D eigenvalue weighted by Gasteiger charge is -2.35. The monoisotopic (exact) mass is 436 g/mol. The number of amides is 2. The predicted octanol–water partition coefficient (Wildman–Crippen LogP) is 5.18. The van der Waals surface area contributed by atoms with E-state index in [9.17, 15) is 9.18 Å². The summed E-state index contributed by atoms with van der Waals surface area (Å²) < 4.78 is 24.4. The highest BCUT2D eigenvalue weighted by Gasteiger charge is 2.35. The second-order valence-electron chi connectivity index (χ2n) is 7.47. The molecule has 0 fully saturated rings. The van der Waals surface area contributed by atoms with Gasteiger partial charge in [0.25, 0.3) is 5.89 Å². The number of nitrogens with zero attached hydrogens (tertiary/aromatic N) is 3. The van der Waals surface area contributed by atoms with Crippen LogP contribution in [-0.4, -0.2) is 34.2 Å². The average Bonchev–Trinajstić information content (AvgIpc) is 3.27. The van der Waals surface area contributed by atoms with Crippen LogP contribution in [0.3, 0.4) is 0 Å². The van der Waals surface area contributed by atoms with Gasteiger partial charge in [-0.3, -0.25) is 4.90 Å². The van der Waals surface area contributed by atoms with Crippen molar-refractivity contribution in [2.75, 3.05) is 13.2 Å². The maximum absolute atomic E-state index is 13.3. The van der Waals surface area contributed by atoms with Crippen molar-refractivity contribution >= 4 is 11.6 Å². The van der Waals surface area contributed by atoms with Gasteiger partial charge in [-0.25, -0.2) is 9.18 Å². The summed E-state index contributed by atoms with van der Waals surface area (Å²) in [5.41, 5.74) is 2.99. The molecule has 1 aromatic heterocycles. The van der Waals surface area contributed by atoms with E-state index in [1.165, 1.54) is 12.1 Å². The van der Waals surface area contributed by atoms with E-state index in [4.69, 9.17) is 9.26 Å². The fourth-order valence-electron chi connectivity index (χ4n) is 3.77. The van der Waals surface area contributed by atoms with Crippen molar-refractivity contribution in [3.8, 4) is 17.1 Å². The smallest absolute Gasteiger partial charge is 0.322 e. The SMILES string of the molecule is CCCN1C(=O)NC(c2ccc(OCC)cc2)C(c2nc(-c3ccc(F)cc3)no2)=C1C. The molecule has 166 valence electrons. The number of rotatable bonds is 7. The van der Waals surface area contributed by atoms with Gasteiger partial charge in [-0.05, 0) is 62.2 Å². The summed E-state index contributed by atoms with van der Waals surface area (Å²) in [5, 5.41) is 7.15. The second-order valence-corrected chi connectivity index (χ2v) is 7.47. The van der Waals surface area contributed by atoms with E-state index in [1.54, 1.807) is 17.0 Å². The Kier molecular flexibility index (Phi) is 6.20. The van der Waals surface area contributed by atoms with Crippen molar-refractivity contribution in [2.24, 2.45) is 0 Å². The highest BCUT2D eigenvalue weighted by molar-refractivity contribution is 5.86. The molecular formula is C24H25FN4O3. The molecule has 3 aromatic rings. The van der Waals surface area contributed by atoms with Gasteiger partial charge in [-0.1, -0.05) is 24.2 Å². The van der Waals surface area contributed by atoms with Crippen LogP contribution < -0.4 is 10.1 Å². The summed E-state index contributed by atoms with van der Waals surface area (Å²) in [6.07, 6.45) is 0.802. The van der Waals surface area contributed by atoms with E-state index in [0.717, 1.165) is 29.0 Å². The van der Waals surface area contributed by atoms with Gasteiger partial charge in [-0.15, -0.1) is 0 Å². The van der Waals surface area contributed by atoms with Crippen molar-refractivity contribution in [3.05, 3.63) is 71.5 Å². The van der Waals surface area contributed by atoms with Gasteiger partial charge in [0.05, 0.1) is 18.2 Å². The van der Waals surface area contributed by atoms with E-state index in [2.05, 4.69) is 15.5 Å². The van der Waals surface area contributed by atoms with Gasteiger partial charge in [0.2, 0.25) is 5.82 Å². The highest BCUT2D eigenvalue weighted by atomic mass is 19.1. The number of carbonyl (C=O) groups excluding carboxylic acids is 1. The summed E-state index contributed by atoms with van der Waals surface area (Å²) >= 11 is 0. The third-order valence-corrected chi connectivity index (χ3v) is 5.33. The molecule has 4 rings (SSSR count). The summed E-state index contributed by atoms with van der Waals surface area (Å²) in [7, 11) is 0. The molecule has 1 aliphatic heterocycles. The molecule has 0 radical (unpaired) electrons. The third kappa shape index (κ3) is 4.21. The first-order valence-corrected chi connectivity index (χ1v) is 10.6. The topological polar surface area (TPSA) is 80.5 Å². The van der Waals surface area contributed by atoms with Gasteiger partial charge in [0.15, 0.2) is 0 Å². The van der Waals surface area contributed by atoms with E-state index < -0.39 is 6.04 Å². The quantitative estimate of drug-likeness (QED) is 0.552. The average molecular weight is 436 g/mol. The van der Waals surface area contributed by atoms with Crippen molar-refractivity contribution in [1.82, 2.24) is 20.4 Å². The Morgan fingerprint density at radius 2 is 1.84 bits per heavy atom. The van der Waals surface area contributed by atoms with Crippen molar-refractivity contribution < 1.29 is 18.4 Å². The minimum absolute atomic E-state index is 0.176. The normalized spacial score (nSPS) is 16.3. The minimum atomic E-state index is -0.465. The molecule has 8 heteroatoms. The zero-order chi connectivity index (χ0) is 22.7. The molecule has 0 aliphatic carbocycles. The van der Waals surface area contributed by atoms with Crippen molar-refractivity contribution in [2.45, 2.75) is 33.2 Å². The van der Waals surface area contributed by atoms with E-state index in [-0.39, 0.29) is 11.8 Å². The molecule has 2 amide bonds. The molecule has 1 N–H and O–H groups in total. The number of halogens is 1. The van der Waals surface area contributed by atoms with Gasteiger partial charge in [0, 0.05) is 17.8 Å². The summed E-state index contributed by atoms with van der Waals surface area (Å²) in [4.78, 5) is 19.1. The van der Waals surface area contributed by atoms with Crippen LogP contribution in [0, 0.1) is 5.82 Å². The first-order chi connectivity index (χ1) is 15.5. The fourth-order valence-corrected chi connectivity index (χ4v) is 3.77. The van der Waals surface area contributed by atoms with Crippen molar-refractivity contribution in [3.63, 3.8) is 0 Å². The number of hydrogen-bond donors (Lipinski definition) is 1. The molecule has 32 heavy (non-hydrogen) atoms. The maximum Gasteiger partial charge on any atom is 0.322 e. The Morgan fingerprint density at radius 3 is 2.50 bits per heavy atom. The Bertz CT molecular complexity index is 1120. The molecule has 0 saturated heterocycles. The van der Waals surface area contributed by atoms with Crippen LogP contribution in [0.5, 0.6) is 5.75 Å². The standard InChI is InChI=1S/C24H25FN4O3/c1-4-14-29-15(3)20(23-27-22(28-32-23)17-6-10-18(25)11-7-17)21(26-24(29)30)16-8-12-19(13-9-16)31-5-2/h6-13,21H,4-5,14H2,1-3H3,(H,26,30). The van der Waals surface area contributed by atoms with Crippen LogP contribution in [0.25, 0.3) is 17.0 Å². The largest absolute Gasteiger partial charge is 0.494 e. The van der Waals surface area contributed by atoms with Crippen LogP contribution in [0.2, 0.25) is 0 Å². The Balaban J connectivity index is 1.76. The van der Waals surface area contributed by atoms with Crippen molar-refractivity contribution in [1.29, 1.82) is 0 Å².